The van der Waals surface area contributed by atoms with Crippen LogP contribution in [0.5, 0.6) is 5.75 Å². The third-order valence-corrected chi connectivity index (χ3v) is 2.74. The van der Waals surface area contributed by atoms with E-state index in [4.69, 9.17) is 4.74 Å². The fourth-order valence-electron chi connectivity index (χ4n) is 1.65. The summed E-state index contributed by atoms with van der Waals surface area (Å²) in [6.45, 7) is 11.5. The van der Waals surface area contributed by atoms with Gasteiger partial charge in [0, 0.05) is 12.0 Å². The van der Waals surface area contributed by atoms with Crippen molar-refractivity contribution in [3.05, 3.63) is 29.8 Å². The standard InChI is InChI=1S/C15H25NO/c1-5-10-16-11-15(3,4)12-17-14-9-7-6-8-13(14)2/h6-9,16H,5,10-12H2,1-4H3. The summed E-state index contributed by atoms with van der Waals surface area (Å²) in [7, 11) is 0. The van der Waals surface area contributed by atoms with E-state index in [0.29, 0.717) is 0 Å². The van der Waals surface area contributed by atoms with Crippen molar-refractivity contribution in [3.63, 3.8) is 0 Å². The Morgan fingerprint density at radius 1 is 1.24 bits per heavy atom. The van der Waals surface area contributed by atoms with Crippen molar-refractivity contribution in [3.8, 4) is 5.75 Å². The Morgan fingerprint density at radius 3 is 2.59 bits per heavy atom. The van der Waals surface area contributed by atoms with Crippen LogP contribution in [0.2, 0.25) is 0 Å². The molecule has 96 valence electrons. The monoisotopic (exact) mass is 235 g/mol. The van der Waals surface area contributed by atoms with E-state index < -0.39 is 0 Å². The highest BCUT2D eigenvalue weighted by Crippen LogP contribution is 2.20. The molecule has 0 bridgehead atoms. The second-order valence-electron chi connectivity index (χ2n) is 5.40. The number of hydrogen-bond acceptors (Lipinski definition) is 2. The van der Waals surface area contributed by atoms with Gasteiger partial charge in [-0.25, -0.2) is 0 Å². The van der Waals surface area contributed by atoms with Crippen LogP contribution in [0, 0.1) is 12.3 Å². The number of benzene rings is 1. The molecule has 2 nitrogen and oxygen atoms in total. The van der Waals surface area contributed by atoms with Gasteiger partial charge in [-0.1, -0.05) is 39.0 Å². The van der Waals surface area contributed by atoms with Crippen molar-refractivity contribution in [2.24, 2.45) is 5.41 Å². The van der Waals surface area contributed by atoms with Crippen LogP contribution in [-0.2, 0) is 0 Å². The maximum absolute atomic E-state index is 5.89. The van der Waals surface area contributed by atoms with E-state index in [2.05, 4.69) is 39.1 Å². The molecule has 0 radical (unpaired) electrons. The number of hydrogen-bond donors (Lipinski definition) is 1. The summed E-state index contributed by atoms with van der Waals surface area (Å²) in [5.74, 6) is 0.996. The highest BCUT2D eigenvalue weighted by atomic mass is 16.5. The Hall–Kier alpha value is -1.02. The molecule has 0 heterocycles. The molecule has 1 aromatic carbocycles. The number of para-hydroxylation sites is 1. The molecule has 17 heavy (non-hydrogen) atoms. The minimum absolute atomic E-state index is 0.164. The van der Waals surface area contributed by atoms with E-state index in [1.165, 1.54) is 12.0 Å². The van der Waals surface area contributed by atoms with Crippen molar-refractivity contribution in [1.82, 2.24) is 5.32 Å². The first kappa shape index (κ1) is 14.0. The molecule has 0 saturated carbocycles. The molecule has 0 spiro atoms. The Morgan fingerprint density at radius 2 is 1.94 bits per heavy atom. The molecule has 0 aliphatic rings. The molecule has 0 aliphatic heterocycles. The van der Waals surface area contributed by atoms with Gasteiger partial charge in [0.25, 0.3) is 0 Å². The van der Waals surface area contributed by atoms with Crippen LogP contribution in [0.15, 0.2) is 24.3 Å². The Kier molecular flexibility index (Phi) is 5.49. The SMILES string of the molecule is CCCNCC(C)(C)COc1ccccc1C. The Bertz CT molecular complexity index is 333. The number of ether oxygens (including phenoxy) is 1. The van der Waals surface area contributed by atoms with Crippen LogP contribution in [-0.4, -0.2) is 19.7 Å². The summed E-state index contributed by atoms with van der Waals surface area (Å²) in [6, 6.07) is 8.17. The number of nitrogens with one attached hydrogen (secondary N) is 1. The third-order valence-electron chi connectivity index (χ3n) is 2.74. The maximum atomic E-state index is 5.89. The van der Waals surface area contributed by atoms with Gasteiger partial charge in [0.15, 0.2) is 0 Å². The largest absolute Gasteiger partial charge is 0.493 e. The second-order valence-corrected chi connectivity index (χ2v) is 5.40. The van der Waals surface area contributed by atoms with Gasteiger partial charge in [-0.05, 0) is 31.5 Å². The zero-order valence-electron chi connectivity index (χ0n) is 11.5. The highest BCUT2D eigenvalue weighted by Gasteiger charge is 2.18. The van der Waals surface area contributed by atoms with Crippen molar-refractivity contribution in [2.75, 3.05) is 19.7 Å². The van der Waals surface area contributed by atoms with E-state index in [1.54, 1.807) is 0 Å². The summed E-state index contributed by atoms with van der Waals surface area (Å²) < 4.78 is 5.89. The summed E-state index contributed by atoms with van der Waals surface area (Å²) >= 11 is 0. The molecule has 0 aromatic heterocycles. The van der Waals surface area contributed by atoms with E-state index in [-0.39, 0.29) is 5.41 Å². The third kappa shape index (κ3) is 5.22. The van der Waals surface area contributed by atoms with Gasteiger partial charge in [0.05, 0.1) is 6.61 Å². The van der Waals surface area contributed by atoms with Crippen LogP contribution in [0.4, 0.5) is 0 Å². The lowest BCUT2D eigenvalue weighted by Crippen LogP contribution is -2.34. The minimum Gasteiger partial charge on any atom is -0.493 e. The lowest BCUT2D eigenvalue weighted by atomic mass is 9.95. The molecule has 1 N–H and O–H groups in total. The fraction of sp³-hybridized carbons (Fsp3) is 0.600. The maximum Gasteiger partial charge on any atom is 0.122 e. The second kappa shape index (κ2) is 6.65. The summed E-state index contributed by atoms with van der Waals surface area (Å²) in [5, 5.41) is 3.45. The van der Waals surface area contributed by atoms with E-state index in [0.717, 1.165) is 25.4 Å². The van der Waals surface area contributed by atoms with Gasteiger partial charge in [0.1, 0.15) is 5.75 Å². The summed E-state index contributed by atoms with van der Waals surface area (Å²) in [5.41, 5.74) is 1.36. The molecule has 0 saturated heterocycles. The van der Waals surface area contributed by atoms with E-state index in [1.807, 2.05) is 18.2 Å². The molecule has 1 aromatic rings. The van der Waals surface area contributed by atoms with Gasteiger partial charge in [-0.2, -0.15) is 0 Å². The van der Waals surface area contributed by atoms with Crippen molar-refractivity contribution < 1.29 is 4.74 Å². The van der Waals surface area contributed by atoms with Crippen molar-refractivity contribution in [2.45, 2.75) is 34.1 Å². The van der Waals surface area contributed by atoms with Crippen LogP contribution in [0.1, 0.15) is 32.8 Å². The lowest BCUT2D eigenvalue weighted by Gasteiger charge is -2.25. The van der Waals surface area contributed by atoms with Crippen LogP contribution >= 0.6 is 0 Å². The number of rotatable bonds is 7. The van der Waals surface area contributed by atoms with Gasteiger partial charge < -0.3 is 10.1 Å². The first-order valence-electron chi connectivity index (χ1n) is 6.44. The quantitative estimate of drug-likeness (QED) is 0.731. The molecular weight excluding hydrogens is 210 g/mol. The van der Waals surface area contributed by atoms with Gasteiger partial charge in [-0.3, -0.25) is 0 Å². The predicted octanol–water partition coefficient (Wildman–Crippen LogP) is 3.40. The topological polar surface area (TPSA) is 21.3 Å². The average Bonchev–Trinajstić information content (AvgIpc) is 2.28. The van der Waals surface area contributed by atoms with Gasteiger partial charge in [0.2, 0.25) is 0 Å². The molecule has 2 heteroatoms. The Labute approximate surface area is 105 Å². The van der Waals surface area contributed by atoms with E-state index in [9.17, 15) is 0 Å². The fourth-order valence-corrected chi connectivity index (χ4v) is 1.65. The van der Waals surface area contributed by atoms with Crippen LogP contribution in [0.25, 0.3) is 0 Å². The molecule has 0 unspecified atom stereocenters. The first-order valence-corrected chi connectivity index (χ1v) is 6.44. The summed E-state index contributed by atoms with van der Waals surface area (Å²) in [4.78, 5) is 0. The van der Waals surface area contributed by atoms with Crippen LogP contribution < -0.4 is 10.1 Å². The molecular formula is C15H25NO. The average molecular weight is 235 g/mol. The van der Waals surface area contributed by atoms with Crippen molar-refractivity contribution in [1.29, 1.82) is 0 Å². The molecule has 0 atom stereocenters. The van der Waals surface area contributed by atoms with Crippen molar-refractivity contribution >= 4 is 0 Å². The Balaban J connectivity index is 2.41. The summed E-state index contributed by atoms with van der Waals surface area (Å²) in [6.07, 6.45) is 1.18. The number of aryl methyl sites for hydroxylation is 1. The minimum atomic E-state index is 0.164. The first-order chi connectivity index (χ1) is 8.05. The van der Waals surface area contributed by atoms with Crippen LogP contribution in [0.3, 0.4) is 0 Å². The van der Waals surface area contributed by atoms with Gasteiger partial charge in [-0.15, -0.1) is 0 Å². The highest BCUT2D eigenvalue weighted by molar-refractivity contribution is 5.31. The molecule has 0 amide bonds. The smallest absolute Gasteiger partial charge is 0.122 e. The molecule has 0 fully saturated rings. The zero-order chi connectivity index (χ0) is 12.7. The predicted molar refractivity (Wildman–Crippen MR) is 73.6 cm³/mol. The van der Waals surface area contributed by atoms with E-state index >= 15 is 0 Å². The molecule has 0 aliphatic carbocycles. The normalized spacial score (nSPS) is 11.5. The molecule has 1 rings (SSSR count). The van der Waals surface area contributed by atoms with Gasteiger partial charge >= 0.3 is 0 Å². The lowest BCUT2D eigenvalue weighted by molar-refractivity contribution is 0.176. The zero-order valence-corrected chi connectivity index (χ0v) is 11.5.